The van der Waals surface area contributed by atoms with E-state index in [2.05, 4.69) is 0 Å². The lowest BCUT2D eigenvalue weighted by Crippen LogP contribution is -2.27. The molecule has 22 heavy (non-hydrogen) atoms. The molecule has 2 atom stereocenters. The van der Waals surface area contributed by atoms with Gasteiger partial charge in [0.15, 0.2) is 0 Å². The van der Waals surface area contributed by atoms with Gasteiger partial charge in [0.1, 0.15) is 17.1 Å². The van der Waals surface area contributed by atoms with Gasteiger partial charge in [-0.05, 0) is 30.7 Å². The van der Waals surface area contributed by atoms with E-state index < -0.39 is 0 Å². The summed E-state index contributed by atoms with van der Waals surface area (Å²) in [5.74, 6) is 2.16. The first-order chi connectivity index (χ1) is 10.7. The highest BCUT2D eigenvalue weighted by Gasteiger charge is 2.47. The highest BCUT2D eigenvalue weighted by Crippen LogP contribution is 2.48. The van der Waals surface area contributed by atoms with Gasteiger partial charge in [0.05, 0.1) is 12.8 Å². The summed E-state index contributed by atoms with van der Waals surface area (Å²) in [6, 6.07) is 13.7. The SMILES string of the molecule is CN(Cc1cc2ccccc2o1)C(=O)C1CC1c1ccco1. The van der Waals surface area contributed by atoms with E-state index in [4.69, 9.17) is 8.83 Å². The summed E-state index contributed by atoms with van der Waals surface area (Å²) in [6.45, 7) is 0.495. The molecule has 1 fully saturated rings. The lowest BCUT2D eigenvalue weighted by molar-refractivity contribution is -0.132. The molecule has 0 spiro atoms. The highest BCUT2D eigenvalue weighted by atomic mass is 16.3. The molecular weight excluding hydrogens is 278 g/mol. The summed E-state index contributed by atoms with van der Waals surface area (Å²) < 4.78 is 11.2. The number of benzene rings is 1. The molecule has 0 saturated heterocycles. The third-order valence-electron chi connectivity index (χ3n) is 4.26. The molecule has 2 heterocycles. The Bertz CT molecular complexity index is 770. The number of hydrogen-bond donors (Lipinski definition) is 0. The first-order valence-corrected chi connectivity index (χ1v) is 7.48. The molecule has 4 nitrogen and oxygen atoms in total. The molecule has 1 aliphatic rings. The zero-order valence-corrected chi connectivity index (χ0v) is 12.4. The Labute approximate surface area is 128 Å². The molecule has 112 valence electrons. The van der Waals surface area contributed by atoms with Crippen molar-refractivity contribution in [3.05, 3.63) is 60.2 Å². The molecule has 0 N–H and O–H groups in total. The molecule has 0 bridgehead atoms. The summed E-state index contributed by atoms with van der Waals surface area (Å²) in [5, 5.41) is 1.07. The molecule has 1 aromatic carbocycles. The fourth-order valence-electron chi connectivity index (χ4n) is 2.99. The Balaban J connectivity index is 1.44. The van der Waals surface area contributed by atoms with Crippen molar-refractivity contribution in [1.82, 2.24) is 4.90 Å². The van der Waals surface area contributed by atoms with Crippen LogP contribution in [-0.4, -0.2) is 17.9 Å². The van der Waals surface area contributed by atoms with Crippen LogP contribution in [0.3, 0.4) is 0 Å². The predicted molar refractivity (Wildman–Crippen MR) is 82.2 cm³/mol. The lowest BCUT2D eigenvalue weighted by atomic mass is 10.2. The molecule has 4 heteroatoms. The number of fused-ring (bicyclic) bond motifs is 1. The normalized spacial score (nSPS) is 20.2. The molecule has 0 radical (unpaired) electrons. The van der Waals surface area contributed by atoms with Crippen molar-refractivity contribution in [2.45, 2.75) is 18.9 Å². The van der Waals surface area contributed by atoms with Crippen molar-refractivity contribution in [2.24, 2.45) is 5.92 Å². The summed E-state index contributed by atoms with van der Waals surface area (Å²) >= 11 is 0. The Hall–Kier alpha value is -2.49. The van der Waals surface area contributed by atoms with Crippen molar-refractivity contribution >= 4 is 16.9 Å². The van der Waals surface area contributed by atoms with E-state index in [0.717, 1.165) is 28.9 Å². The number of nitrogens with zero attached hydrogens (tertiary/aromatic N) is 1. The fraction of sp³-hybridized carbons (Fsp3) is 0.278. The molecule has 1 aliphatic carbocycles. The molecule has 3 aromatic rings. The molecule has 2 unspecified atom stereocenters. The van der Waals surface area contributed by atoms with Crippen molar-refractivity contribution in [3.8, 4) is 0 Å². The molecule has 0 aliphatic heterocycles. The van der Waals surface area contributed by atoms with E-state index in [1.165, 1.54) is 0 Å². The van der Waals surface area contributed by atoms with Gasteiger partial charge in [-0.2, -0.15) is 0 Å². The lowest BCUT2D eigenvalue weighted by Gasteiger charge is -2.15. The van der Waals surface area contributed by atoms with Gasteiger partial charge in [0.25, 0.3) is 0 Å². The van der Waals surface area contributed by atoms with Gasteiger partial charge in [-0.1, -0.05) is 18.2 Å². The minimum Gasteiger partial charge on any atom is -0.469 e. The van der Waals surface area contributed by atoms with Crippen LogP contribution in [0.4, 0.5) is 0 Å². The van der Waals surface area contributed by atoms with Crippen LogP contribution in [-0.2, 0) is 11.3 Å². The first-order valence-electron chi connectivity index (χ1n) is 7.48. The molecule has 1 amide bonds. The van der Waals surface area contributed by atoms with Crippen LogP contribution >= 0.6 is 0 Å². The zero-order chi connectivity index (χ0) is 15.1. The summed E-state index contributed by atoms with van der Waals surface area (Å²) in [4.78, 5) is 14.2. The van der Waals surface area contributed by atoms with Crippen molar-refractivity contribution in [1.29, 1.82) is 0 Å². The van der Waals surface area contributed by atoms with E-state index >= 15 is 0 Å². The van der Waals surface area contributed by atoms with Crippen molar-refractivity contribution in [2.75, 3.05) is 7.05 Å². The second-order valence-corrected chi connectivity index (χ2v) is 5.91. The average molecular weight is 295 g/mol. The van der Waals surface area contributed by atoms with Gasteiger partial charge < -0.3 is 13.7 Å². The van der Waals surface area contributed by atoms with Crippen LogP contribution in [0.25, 0.3) is 11.0 Å². The second kappa shape index (κ2) is 5.05. The maximum Gasteiger partial charge on any atom is 0.226 e. The van der Waals surface area contributed by atoms with Crippen LogP contribution < -0.4 is 0 Å². The van der Waals surface area contributed by atoms with Crippen molar-refractivity contribution < 1.29 is 13.6 Å². The number of hydrogen-bond acceptors (Lipinski definition) is 3. The monoisotopic (exact) mass is 295 g/mol. The molecule has 2 aromatic heterocycles. The number of para-hydroxylation sites is 1. The van der Waals surface area contributed by atoms with E-state index in [9.17, 15) is 4.79 Å². The molecule has 4 rings (SSSR count). The standard InChI is InChI=1S/C18H17NO3/c1-19(11-13-9-12-5-2-3-6-16(12)22-13)18(20)15-10-14(15)17-7-4-8-21-17/h2-9,14-15H,10-11H2,1H3. The summed E-state index contributed by atoms with van der Waals surface area (Å²) in [6.07, 6.45) is 2.53. The number of carbonyl (C=O) groups is 1. The summed E-state index contributed by atoms with van der Waals surface area (Å²) in [5.41, 5.74) is 0.859. The quantitative estimate of drug-likeness (QED) is 0.735. The Morgan fingerprint density at radius 2 is 2.14 bits per heavy atom. The Morgan fingerprint density at radius 1 is 1.27 bits per heavy atom. The highest BCUT2D eigenvalue weighted by molar-refractivity contribution is 5.83. The minimum atomic E-state index is 0.0422. The maximum absolute atomic E-state index is 12.5. The molecule has 1 saturated carbocycles. The third kappa shape index (κ3) is 2.30. The van der Waals surface area contributed by atoms with Crippen LogP contribution in [0, 0.1) is 5.92 Å². The van der Waals surface area contributed by atoms with Crippen molar-refractivity contribution in [3.63, 3.8) is 0 Å². The van der Waals surface area contributed by atoms with Crippen LogP contribution in [0.2, 0.25) is 0 Å². The van der Waals surface area contributed by atoms with E-state index in [1.807, 2.05) is 49.5 Å². The predicted octanol–water partition coefficient (Wildman–Crippen LogP) is 3.79. The fourth-order valence-corrected chi connectivity index (χ4v) is 2.99. The van der Waals surface area contributed by atoms with E-state index in [0.29, 0.717) is 6.54 Å². The largest absolute Gasteiger partial charge is 0.469 e. The third-order valence-corrected chi connectivity index (χ3v) is 4.26. The number of carbonyl (C=O) groups excluding carboxylic acids is 1. The van der Waals surface area contributed by atoms with Gasteiger partial charge >= 0.3 is 0 Å². The number of furan rings is 2. The van der Waals surface area contributed by atoms with E-state index in [-0.39, 0.29) is 17.7 Å². The van der Waals surface area contributed by atoms with Crippen LogP contribution in [0.15, 0.2) is 57.6 Å². The summed E-state index contributed by atoms with van der Waals surface area (Å²) in [7, 11) is 1.83. The van der Waals surface area contributed by atoms with Crippen LogP contribution in [0.1, 0.15) is 23.9 Å². The minimum absolute atomic E-state index is 0.0422. The molecular formula is C18H17NO3. The smallest absolute Gasteiger partial charge is 0.226 e. The maximum atomic E-state index is 12.5. The van der Waals surface area contributed by atoms with E-state index in [1.54, 1.807) is 11.2 Å². The van der Waals surface area contributed by atoms with Gasteiger partial charge in [-0.25, -0.2) is 0 Å². The number of rotatable bonds is 4. The Morgan fingerprint density at radius 3 is 2.91 bits per heavy atom. The van der Waals surface area contributed by atoms with Gasteiger partial charge in [-0.3, -0.25) is 4.79 Å². The first kappa shape index (κ1) is 13.2. The topological polar surface area (TPSA) is 46.6 Å². The average Bonchev–Trinajstić information content (AvgIpc) is 2.96. The van der Waals surface area contributed by atoms with Gasteiger partial charge in [-0.15, -0.1) is 0 Å². The second-order valence-electron chi connectivity index (χ2n) is 5.91. The van der Waals surface area contributed by atoms with Crippen LogP contribution in [0.5, 0.6) is 0 Å². The zero-order valence-electron chi connectivity index (χ0n) is 12.4. The number of amides is 1. The Kier molecular flexibility index (Phi) is 3.03. The van der Waals surface area contributed by atoms with Gasteiger partial charge in [0.2, 0.25) is 5.91 Å². The van der Waals surface area contributed by atoms with Gasteiger partial charge in [0, 0.05) is 24.3 Å².